The van der Waals surface area contributed by atoms with Crippen molar-refractivity contribution in [1.82, 2.24) is 15.1 Å². The molecule has 2 heterocycles. The number of rotatable bonds is 6. The van der Waals surface area contributed by atoms with Gasteiger partial charge < -0.3 is 9.32 Å². The first kappa shape index (κ1) is 25.4. The van der Waals surface area contributed by atoms with Gasteiger partial charge in [0.05, 0.1) is 12.8 Å². The molecular weight excluding hydrogens is 499 g/mol. The predicted octanol–water partition coefficient (Wildman–Crippen LogP) is 4.44. The molecule has 0 atom stereocenters. The number of amides is 2. The average Bonchev–Trinajstić information content (AvgIpc) is 3.34. The molecule has 0 N–H and O–H groups in total. The SMILES string of the molecule is CS(=O)(=O)N=C1CCN(C(=O)N(Cc2ccc(-c3nnc(C(F)F)o3)cc2F)c2ccccc2)CC1. The summed E-state index contributed by atoms with van der Waals surface area (Å²) in [7, 11) is -3.51. The van der Waals surface area contributed by atoms with Crippen molar-refractivity contribution in [2.45, 2.75) is 25.8 Å². The summed E-state index contributed by atoms with van der Waals surface area (Å²) in [4.78, 5) is 16.4. The van der Waals surface area contributed by atoms with Gasteiger partial charge in [0.25, 0.3) is 5.89 Å². The third-order valence-electron chi connectivity index (χ3n) is 5.46. The second-order valence-corrected chi connectivity index (χ2v) is 9.78. The molecule has 2 aromatic carbocycles. The lowest BCUT2D eigenvalue weighted by Crippen LogP contribution is -2.47. The number of urea groups is 1. The maximum Gasteiger partial charge on any atom is 0.324 e. The molecule has 36 heavy (non-hydrogen) atoms. The molecule has 13 heteroatoms. The molecule has 2 amide bonds. The Morgan fingerprint density at radius 2 is 1.83 bits per heavy atom. The first-order valence-electron chi connectivity index (χ1n) is 10.9. The molecule has 0 unspecified atom stereocenters. The van der Waals surface area contributed by atoms with Crippen LogP contribution in [0.3, 0.4) is 0 Å². The summed E-state index contributed by atoms with van der Waals surface area (Å²) in [6.07, 6.45) is -1.29. The van der Waals surface area contributed by atoms with E-state index in [1.54, 1.807) is 35.2 Å². The third-order valence-corrected chi connectivity index (χ3v) is 6.05. The van der Waals surface area contributed by atoms with Crippen LogP contribution in [0, 0.1) is 5.82 Å². The normalized spacial score (nSPS) is 14.2. The number of nitrogens with zero attached hydrogens (tertiary/aromatic N) is 5. The molecule has 1 aliphatic heterocycles. The Kier molecular flexibility index (Phi) is 7.38. The number of aromatic nitrogens is 2. The fourth-order valence-electron chi connectivity index (χ4n) is 3.75. The Hall–Kier alpha value is -3.74. The van der Waals surface area contributed by atoms with Crippen molar-refractivity contribution in [2.75, 3.05) is 24.2 Å². The second-order valence-electron chi connectivity index (χ2n) is 8.13. The van der Waals surface area contributed by atoms with Gasteiger partial charge in [-0.1, -0.05) is 24.3 Å². The summed E-state index contributed by atoms with van der Waals surface area (Å²) in [5.74, 6) is -1.78. The molecule has 4 rings (SSSR count). The van der Waals surface area contributed by atoms with E-state index in [2.05, 4.69) is 14.6 Å². The summed E-state index contributed by atoms with van der Waals surface area (Å²) in [6, 6.07) is 12.3. The van der Waals surface area contributed by atoms with Crippen LogP contribution >= 0.6 is 0 Å². The fraction of sp³-hybridized carbons (Fsp3) is 0.304. The molecule has 0 saturated carbocycles. The minimum atomic E-state index is -3.51. The Morgan fingerprint density at radius 1 is 1.14 bits per heavy atom. The van der Waals surface area contributed by atoms with E-state index in [-0.39, 0.29) is 42.7 Å². The quantitative estimate of drug-likeness (QED) is 0.475. The molecule has 3 aromatic rings. The van der Waals surface area contributed by atoms with Crippen LogP contribution < -0.4 is 4.90 Å². The smallest absolute Gasteiger partial charge is 0.324 e. The largest absolute Gasteiger partial charge is 0.415 e. The van der Waals surface area contributed by atoms with Crippen molar-refractivity contribution in [1.29, 1.82) is 0 Å². The lowest BCUT2D eigenvalue weighted by molar-refractivity contribution is 0.116. The molecule has 1 aromatic heterocycles. The summed E-state index contributed by atoms with van der Waals surface area (Å²) in [6.45, 7) is 0.422. The Labute approximate surface area is 205 Å². The molecule has 1 aliphatic rings. The molecule has 0 spiro atoms. The zero-order valence-corrected chi connectivity index (χ0v) is 20.0. The van der Waals surface area contributed by atoms with E-state index in [9.17, 15) is 22.0 Å². The van der Waals surface area contributed by atoms with Crippen LogP contribution in [0.1, 0.15) is 30.7 Å². The Bertz CT molecular complexity index is 1370. The number of carbonyl (C=O) groups is 1. The summed E-state index contributed by atoms with van der Waals surface area (Å²) >= 11 is 0. The first-order valence-corrected chi connectivity index (χ1v) is 12.7. The highest BCUT2D eigenvalue weighted by Crippen LogP contribution is 2.27. The number of alkyl halides is 2. The van der Waals surface area contributed by atoms with Crippen LogP contribution in [0.25, 0.3) is 11.5 Å². The van der Waals surface area contributed by atoms with E-state index in [1.807, 2.05) is 0 Å². The van der Waals surface area contributed by atoms with Gasteiger partial charge in [-0.15, -0.1) is 10.2 Å². The van der Waals surface area contributed by atoms with Gasteiger partial charge in [0.15, 0.2) is 0 Å². The van der Waals surface area contributed by atoms with Crippen molar-refractivity contribution in [3.63, 3.8) is 0 Å². The van der Waals surface area contributed by atoms with Gasteiger partial charge in [0.1, 0.15) is 5.82 Å². The minimum absolute atomic E-state index is 0.109. The number of hydrogen-bond donors (Lipinski definition) is 0. The molecule has 9 nitrogen and oxygen atoms in total. The minimum Gasteiger partial charge on any atom is -0.415 e. The van der Waals surface area contributed by atoms with Crippen LogP contribution in [-0.2, 0) is 16.6 Å². The zero-order valence-electron chi connectivity index (χ0n) is 19.1. The highest BCUT2D eigenvalue weighted by atomic mass is 32.2. The van der Waals surface area contributed by atoms with Crippen molar-refractivity contribution in [3.8, 4) is 11.5 Å². The van der Waals surface area contributed by atoms with Gasteiger partial charge in [0.2, 0.25) is 15.9 Å². The van der Waals surface area contributed by atoms with E-state index < -0.39 is 28.2 Å². The molecule has 190 valence electrons. The number of piperidine rings is 1. The van der Waals surface area contributed by atoms with Gasteiger partial charge in [0, 0.05) is 48.5 Å². The maximum absolute atomic E-state index is 15.0. The van der Waals surface area contributed by atoms with E-state index in [1.165, 1.54) is 17.0 Å². The van der Waals surface area contributed by atoms with E-state index in [0.29, 0.717) is 24.2 Å². The predicted molar refractivity (Wildman–Crippen MR) is 126 cm³/mol. The number of benzene rings is 2. The fourth-order valence-corrected chi connectivity index (χ4v) is 4.40. The number of para-hydroxylation sites is 1. The number of carbonyl (C=O) groups excluding carboxylic acids is 1. The number of anilines is 1. The highest BCUT2D eigenvalue weighted by molar-refractivity contribution is 7.89. The van der Waals surface area contributed by atoms with Crippen LogP contribution in [0.5, 0.6) is 0 Å². The van der Waals surface area contributed by atoms with Crippen LogP contribution in [0.4, 0.5) is 23.7 Å². The number of likely N-dealkylation sites (tertiary alicyclic amines) is 1. The van der Waals surface area contributed by atoms with Crippen LogP contribution in [0.15, 0.2) is 57.3 Å². The topological polar surface area (TPSA) is 109 Å². The van der Waals surface area contributed by atoms with Crippen molar-refractivity contribution in [2.24, 2.45) is 4.40 Å². The standard InChI is InChI=1S/C23H22F3N5O4S/c1-36(33,34)29-17-9-11-30(12-10-17)23(32)31(18-5-3-2-4-6-18)14-16-8-7-15(13-19(16)24)21-27-28-22(35-21)20(25)26/h2-8,13,20H,9-12,14H2,1H3. The summed E-state index contributed by atoms with van der Waals surface area (Å²) in [5, 5.41) is 6.77. The molecule has 1 fully saturated rings. The van der Waals surface area contributed by atoms with Gasteiger partial charge >= 0.3 is 12.5 Å². The summed E-state index contributed by atoms with van der Waals surface area (Å²) in [5.41, 5.74) is 1.35. The van der Waals surface area contributed by atoms with Gasteiger partial charge in [-0.05, 0) is 24.3 Å². The van der Waals surface area contributed by atoms with Crippen LogP contribution in [-0.4, -0.2) is 54.6 Å². The first-order chi connectivity index (χ1) is 17.1. The molecule has 1 saturated heterocycles. The number of halogens is 3. The van der Waals surface area contributed by atoms with E-state index in [0.717, 1.165) is 12.3 Å². The Balaban J connectivity index is 1.55. The second kappa shape index (κ2) is 10.5. The summed E-state index contributed by atoms with van der Waals surface area (Å²) < 4.78 is 71.9. The monoisotopic (exact) mass is 521 g/mol. The number of sulfonamides is 1. The third kappa shape index (κ3) is 6.08. The zero-order chi connectivity index (χ0) is 25.9. The van der Waals surface area contributed by atoms with E-state index >= 15 is 4.39 Å². The number of hydrogen-bond acceptors (Lipinski definition) is 6. The van der Waals surface area contributed by atoms with Gasteiger partial charge in [-0.25, -0.2) is 17.6 Å². The molecular formula is C23H22F3N5O4S. The van der Waals surface area contributed by atoms with E-state index in [4.69, 9.17) is 4.42 Å². The van der Waals surface area contributed by atoms with Gasteiger partial charge in [-0.2, -0.15) is 13.2 Å². The molecule has 0 bridgehead atoms. The lowest BCUT2D eigenvalue weighted by atomic mass is 10.1. The highest BCUT2D eigenvalue weighted by Gasteiger charge is 2.27. The maximum atomic E-state index is 15.0. The van der Waals surface area contributed by atoms with Crippen molar-refractivity contribution >= 4 is 27.5 Å². The Morgan fingerprint density at radius 3 is 2.42 bits per heavy atom. The van der Waals surface area contributed by atoms with Crippen LogP contribution in [0.2, 0.25) is 0 Å². The van der Waals surface area contributed by atoms with Crippen molar-refractivity contribution < 1.29 is 30.8 Å². The average molecular weight is 522 g/mol. The van der Waals surface area contributed by atoms with Gasteiger partial charge in [-0.3, -0.25) is 4.90 Å². The van der Waals surface area contributed by atoms with Crippen molar-refractivity contribution in [3.05, 3.63) is 65.8 Å². The molecule has 0 radical (unpaired) electrons. The molecule has 0 aliphatic carbocycles. The lowest BCUT2D eigenvalue weighted by Gasteiger charge is -2.33.